The van der Waals surface area contributed by atoms with Gasteiger partial charge in [-0.05, 0) is 44.4 Å². The SMILES string of the molecule is CCC1CCC(N(C(=O)C(C)CN)C2CC2)CC1. The summed E-state index contributed by atoms with van der Waals surface area (Å²) in [5.41, 5.74) is 5.66. The standard InChI is InChI=1S/C15H28N2O/c1-3-12-4-6-13(7-5-12)17(14-8-9-14)15(18)11(2)10-16/h11-14H,3-10,16H2,1-2H3. The summed E-state index contributed by atoms with van der Waals surface area (Å²) < 4.78 is 0. The van der Waals surface area contributed by atoms with Crippen LogP contribution in [0.3, 0.4) is 0 Å². The van der Waals surface area contributed by atoms with E-state index in [-0.39, 0.29) is 5.92 Å². The first-order chi connectivity index (χ1) is 8.67. The minimum atomic E-state index is -0.00509. The Bertz CT molecular complexity index is 280. The maximum atomic E-state index is 12.5. The van der Waals surface area contributed by atoms with Crippen molar-refractivity contribution in [3.8, 4) is 0 Å². The van der Waals surface area contributed by atoms with E-state index in [1.807, 2.05) is 6.92 Å². The molecule has 0 aromatic heterocycles. The molecule has 2 aliphatic rings. The van der Waals surface area contributed by atoms with Crippen molar-refractivity contribution in [2.24, 2.45) is 17.6 Å². The van der Waals surface area contributed by atoms with Gasteiger partial charge in [-0.3, -0.25) is 4.79 Å². The Balaban J connectivity index is 1.96. The van der Waals surface area contributed by atoms with Crippen molar-refractivity contribution >= 4 is 5.91 Å². The minimum Gasteiger partial charge on any atom is -0.336 e. The van der Waals surface area contributed by atoms with Crippen LogP contribution in [0.4, 0.5) is 0 Å². The van der Waals surface area contributed by atoms with Gasteiger partial charge in [-0.1, -0.05) is 20.3 Å². The van der Waals surface area contributed by atoms with Crippen LogP contribution in [0.15, 0.2) is 0 Å². The first kappa shape index (κ1) is 13.9. The fraction of sp³-hybridized carbons (Fsp3) is 0.933. The lowest BCUT2D eigenvalue weighted by molar-refractivity contribution is -0.138. The van der Waals surface area contributed by atoms with Crippen LogP contribution >= 0.6 is 0 Å². The molecular weight excluding hydrogens is 224 g/mol. The maximum absolute atomic E-state index is 12.5. The van der Waals surface area contributed by atoms with E-state index >= 15 is 0 Å². The summed E-state index contributed by atoms with van der Waals surface area (Å²) in [6.45, 7) is 4.73. The molecule has 3 heteroatoms. The van der Waals surface area contributed by atoms with E-state index in [0.29, 0.717) is 24.5 Å². The predicted molar refractivity (Wildman–Crippen MR) is 74.1 cm³/mol. The lowest BCUT2D eigenvalue weighted by Crippen LogP contribution is -2.47. The van der Waals surface area contributed by atoms with E-state index in [9.17, 15) is 4.79 Å². The lowest BCUT2D eigenvalue weighted by atomic mass is 9.83. The molecule has 0 aliphatic heterocycles. The highest BCUT2D eigenvalue weighted by molar-refractivity contribution is 5.79. The van der Waals surface area contributed by atoms with Crippen LogP contribution in [0.5, 0.6) is 0 Å². The third-order valence-electron chi connectivity index (χ3n) is 4.76. The van der Waals surface area contributed by atoms with E-state index in [1.165, 1.54) is 44.9 Å². The van der Waals surface area contributed by atoms with Gasteiger partial charge in [0.1, 0.15) is 0 Å². The maximum Gasteiger partial charge on any atom is 0.227 e. The molecule has 0 spiro atoms. The highest BCUT2D eigenvalue weighted by Gasteiger charge is 2.39. The molecule has 0 aromatic carbocycles. The molecule has 1 atom stereocenters. The number of nitrogens with two attached hydrogens (primary N) is 1. The predicted octanol–water partition coefficient (Wildman–Crippen LogP) is 2.54. The van der Waals surface area contributed by atoms with Crippen molar-refractivity contribution < 1.29 is 4.79 Å². The summed E-state index contributed by atoms with van der Waals surface area (Å²) in [6, 6.07) is 1.04. The zero-order chi connectivity index (χ0) is 13.1. The normalized spacial score (nSPS) is 29.9. The topological polar surface area (TPSA) is 46.3 Å². The smallest absolute Gasteiger partial charge is 0.227 e. The number of hydrogen-bond acceptors (Lipinski definition) is 2. The molecular formula is C15H28N2O. The second kappa shape index (κ2) is 6.05. The molecule has 0 saturated heterocycles. The van der Waals surface area contributed by atoms with Gasteiger partial charge in [0, 0.05) is 24.5 Å². The zero-order valence-corrected chi connectivity index (χ0v) is 11.9. The molecule has 2 N–H and O–H groups in total. The van der Waals surface area contributed by atoms with Crippen LogP contribution < -0.4 is 5.73 Å². The largest absolute Gasteiger partial charge is 0.336 e. The van der Waals surface area contributed by atoms with Gasteiger partial charge in [-0.15, -0.1) is 0 Å². The Hall–Kier alpha value is -0.570. The molecule has 1 amide bonds. The highest BCUT2D eigenvalue weighted by Crippen LogP contribution is 2.36. The average molecular weight is 252 g/mol. The fourth-order valence-corrected chi connectivity index (χ4v) is 3.20. The van der Waals surface area contributed by atoms with E-state index in [4.69, 9.17) is 5.73 Å². The van der Waals surface area contributed by atoms with E-state index < -0.39 is 0 Å². The molecule has 104 valence electrons. The highest BCUT2D eigenvalue weighted by atomic mass is 16.2. The fourth-order valence-electron chi connectivity index (χ4n) is 3.20. The van der Waals surface area contributed by atoms with Crippen molar-refractivity contribution in [1.29, 1.82) is 0 Å². The van der Waals surface area contributed by atoms with Gasteiger partial charge in [-0.25, -0.2) is 0 Å². The molecule has 2 saturated carbocycles. The summed E-state index contributed by atoms with van der Waals surface area (Å²) in [4.78, 5) is 14.7. The third-order valence-corrected chi connectivity index (χ3v) is 4.76. The molecule has 0 radical (unpaired) electrons. The number of rotatable bonds is 5. The van der Waals surface area contributed by atoms with Crippen molar-refractivity contribution in [2.75, 3.05) is 6.54 Å². The van der Waals surface area contributed by atoms with Crippen LogP contribution in [-0.2, 0) is 4.79 Å². The number of nitrogens with zero attached hydrogens (tertiary/aromatic N) is 1. The van der Waals surface area contributed by atoms with E-state index in [0.717, 1.165) is 5.92 Å². The van der Waals surface area contributed by atoms with Crippen LogP contribution in [0.25, 0.3) is 0 Å². The third kappa shape index (κ3) is 3.05. The van der Waals surface area contributed by atoms with Crippen molar-refractivity contribution in [3.05, 3.63) is 0 Å². The number of amides is 1. The molecule has 1 unspecified atom stereocenters. The Morgan fingerprint density at radius 1 is 1.17 bits per heavy atom. The molecule has 2 fully saturated rings. The number of hydrogen-bond donors (Lipinski definition) is 1. The molecule has 2 aliphatic carbocycles. The molecule has 0 heterocycles. The Morgan fingerprint density at radius 2 is 1.67 bits per heavy atom. The van der Waals surface area contributed by atoms with Crippen LogP contribution in [0.2, 0.25) is 0 Å². The first-order valence-corrected chi connectivity index (χ1v) is 7.69. The number of carbonyl (C=O) groups is 1. The van der Waals surface area contributed by atoms with Crippen LogP contribution in [0, 0.1) is 11.8 Å². The molecule has 0 bridgehead atoms. The average Bonchev–Trinajstić information content (AvgIpc) is 3.23. The molecule has 0 aromatic rings. The van der Waals surface area contributed by atoms with Gasteiger partial charge >= 0.3 is 0 Å². The first-order valence-electron chi connectivity index (χ1n) is 7.69. The van der Waals surface area contributed by atoms with E-state index in [2.05, 4.69) is 11.8 Å². The molecule has 3 nitrogen and oxygen atoms in total. The molecule has 2 rings (SSSR count). The van der Waals surface area contributed by atoms with Gasteiger partial charge in [0.2, 0.25) is 5.91 Å². The van der Waals surface area contributed by atoms with Gasteiger partial charge in [0.25, 0.3) is 0 Å². The van der Waals surface area contributed by atoms with E-state index in [1.54, 1.807) is 0 Å². The Labute approximate surface area is 111 Å². The Kier molecular flexibility index (Phi) is 4.66. The summed E-state index contributed by atoms with van der Waals surface area (Å²) in [5, 5.41) is 0. The Morgan fingerprint density at radius 3 is 2.06 bits per heavy atom. The molecule has 18 heavy (non-hydrogen) atoms. The summed E-state index contributed by atoms with van der Waals surface area (Å²) in [5.74, 6) is 1.19. The van der Waals surface area contributed by atoms with Gasteiger partial charge in [0.05, 0.1) is 0 Å². The summed E-state index contributed by atoms with van der Waals surface area (Å²) >= 11 is 0. The number of carbonyl (C=O) groups excluding carboxylic acids is 1. The van der Waals surface area contributed by atoms with Crippen molar-refractivity contribution in [1.82, 2.24) is 4.90 Å². The zero-order valence-electron chi connectivity index (χ0n) is 11.9. The van der Waals surface area contributed by atoms with Gasteiger partial charge < -0.3 is 10.6 Å². The van der Waals surface area contributed by atoms with Crippen LogP contribution in [-0.4, -0.2) is 29.4 Å². The monoisotopic (exact) mass is 252 g/mol. The quantitative estimate of drug-likeness (QED) is 0.817. The second-order valence-corrected chi connectivity index (χ2v) is 6.20. The summed E-state index contributed by atoms with van der Waals surface area (Å²) in [6.07, 6.45) is 8.72. The summed E-state index contributed by atoms with van der Waals surface area (Å²) in [7, 11) is 0. The van der Waals surface area contributed by atoms with Gasteiger partial charge in [0.15, 0.2) is 0 Å². The van der Waals surface area contributed by atoms with Crippen molar-refractivity contribution in [3.63, 3.8) is 0 Å². The lowest BCUT2D eigenvalue weighted by Gasteiger charge is -2.38. The van der Waals surface area contributed by atoms with Gasteiger partial charge in [-0.2, -0.15) is 0 Å². The minimum absolute atomic E-state index is 0.00509. The van der Waals surface area contributed by atoms with Crippen LogP contribution in [0.1, 0.15) is 58.8 Å². The second-order valence-electron chi connectivity index (χ2n) is 6.20. The van der Waals surface area contributed by atoms with Crippen molar-refractivity contribution in [2.45, 2.75) is 70.9 Å².